The van der Waals surface area contributed by atoms with Crippen LogP contribution in [0.15, 0.2) is 49.2 Å². The summed E-state index contributed by atoms with van der Waals surface area (Å²) < 4.78 is 24.9. The number of hydrogen-bond acceptors (Lipinski definition) is 9. The minimum atomic E-state index is -2.29. The van der Waals surface area contributed by atoms with Crippen molar-refractivity contribution in [3.8, 4) is 11.3 Å². The van der Waals surface area contributed by atoms with Gasteiger partial charge in [0.05, 0.1) is 17.2 Å². The monoisotopic (exact) mass is 818 g/mol. The largest absolute Gasteiger partial charge is 0.408 e. The van der Waals surface area contributed by atoms with Crippen LogP contribution in [0.3, 0.4) is 0 Å². The van der Waals surface area contributed by atoms with Gasteiger partial charge in [0, 0.05) is 38.1 Å². The number of nitrogens with two attached hydrogens (primary N) is 1. The summed E-state index contributed by atoms with van der Waals surface area (Å²) in [4.78, 5) is 18.2. The maximum Gasteiger partial charge on any atom is 0.192 e. The van der Waals surface area contributed by atoms with Gasteiger partial charge in [0.2, 0.25) is 0 Å². The van der Waals surface area contributed by atoms with E-state index in [1.807, 2.05) is 30.0 Å². The van der Waals surface area contributed by atoms with Gasteiger partial charge in [-0.15, -0.1) is 0 Å². The Labute approximate surface area is 306 Å². The lowest BCUT2D eigenvalue weighted by molar-refractivity contribution is -0.0244. The van der Waals surface area contributed by atoms with Crippen LogP contribution in [0.25, 0.3) is 22.3 Å². The fourth-order valence-corrected chi connectivity index (χ4v) is 10.0. The first-order chi connectivity index (χ1) is 22.3. The predicted octanol–water partition coefficient (Wildman–Crippen LogP) is 9.00. The summed E-state index contributed by atoms with van der Waals surface area (Å²) in [6.45, 7) is 25.0. The first-order valence-corrected chi connectivity index (χ1v) is 24.6. The molecule has 48 heavy (non-hydrogen) atoms. The summed E-state index contributed by atoms with van der Waals surface area (Å²) in [6.07, 6.45) is 3.92. The number of nitrogens with zero attached hydrogens (tertiary/aromatic N) is 5. The van der Waals surface area contributed by atoms with Crippen molar-refractivity contribution in [3.05, 3.63) is 64.0 Å². The lowest BCUT2D eigenvalue weighted by Gasteiger charge is -2.44. The molecule has 2 N–H and O–H groups in total. The van der Waals surface area contributed by atoms with E-state index < -0.39 is 22.9 Å². The molecule has 4 atom stereocenters. The summed E-state index contributed by atoms with van der Waals surface area (Å²) in [5, 5.41) is 0.829. The molecule has 1 aromatic carbocycles. The van der Waals surface area contributed by atoms with Crippen LogP contribution in [0, 0.1) is 10.5 Å². The van der Waals surface area contributed by atoms with Gasteiger partial charge in [0.15, 0.2) is 22.9 Å². The molecule has 5 rings (SSSR count). The Bertz CT molecular complexity index is 1740. The van der Waals surface area contributed by atoms with E-state index >= 15 is 0 Å². The number of halogens is 1. The second-order valence-corrected chi connectivity index (χ2v) is 27.5. The molecule has 0 amide bonds. The maximum atomic E-state index is 7.36. The lowest BCUT2D eigenvalue weighted by Crippen LogP contribution is -2.53. The van der Waals surface area contributed by atoms with Gasteiger partial charge in [-0.25, -0.2) is 19.9 Å². The third kappa shape index (κ3) is 7.56. The highest BCUT2D eigenvalue weighted by atomic mass is 127. The second-order valence-electron chi connectivity index (χ2n) is 15.8. The van der Waals surface area contributed by atoms with Crippen molar-refractivity contribution >= 4 is 67.8 Å². The number of ether oxygens (including phenoxy) is 1. The Hall–Kier alpha value is -1.89. The molecule has 0 spiro atoms. The van der Waals surface area contributed by atoms with E-state index in [4.69, 9.17) is 29.3 Å². The molecule has 0 bridgehead atoms. The molecule has 260 valence electrons. The number of fused-ring (bicyclic) bond motifs is 1. The van der Waals surface area contributed by atoms with Gasteiger partial charge in [-0.2, -0.15) is 11.8 Å². The van der Waals surface area contributed by atoms with Gasteiger partial charge in [-0.3, -0.25) is 0 Å². The molecule has 4 aromatic rings. The van der Waals surface area contributed by atoms with Crippen molar-refractivity contribution < 1.29 is 13.6 Å². The molecule has 0 unspecified atom stereocenters. The zero-order valence-corrected chi connectivity index (χ0v) is 35.1. The van der Waals surface area contributed by atoms with Crippen molar-refractivity contribution in [3.63, 3.8) is 0 Å². The van der Waals surface area contributed by atoms with Crippen molar-refractivity contribution in [2.24, 2.45) is 0 Å². The van der Waals surface area contributed by atoms with Gasteiger partial charge in [-0.1, -0.05) is 71.9 Å². The Kier molecular flexibility index (Phi) is 10.9. The Morgan fingerprint density at radius 2 is 1.50 bits per heavy atom. The van der Waals surface area contributed by atoms with Crippen LogP contribution in [-0.2, 0) is 19.3 Å². The van der Waals surface area contributed by atoms with Crippen molar-refractivity contribution in [2.45, 2.75) is 115 Å². The molecule has 9 nitrogen and oxygen atoms in total. The van der Waals surface area contributed by atoms with Crippen LogP contribution in [0.4, 0.5) is 5.82 Å². The molecular weight excluding hydrogens is 768 g/mol. The average molecular weight is 819 g/mol. The molecule has 1 fully saturated rings. The van der Waals surface area contributed by atoms with Crippen LogP contribution in [-0.4, -0.2) is 65.2 Å². The van der Waals surface area contributed by atoms with E-state index in [9.17, 15) is 0 Å². The van der Waals surface area contributed by atoms with Crippen molar-refractivity contribution in [2.75, 3.05) is 11.5 Å². The molecule has 1 aliphatic heterocycles. The Morgan fingerprint density at radius 1 is 0.896 bits per heavy atom. The van der Waals surface area contributed by atoms with Crippen LogP contribution in [0.2, 0.25) is 36.3 Å². The zero-order valence-electron chi connectivity index (χ0n) is 30.2. The summed E-state index contributed by atoms with van der Waals surface area (Å²) >= 11 is 4.14. The predicted molar refractivity (Wildman–Crippen MR) is 211 cm³/mol. The lowest BCUT2D eigenvalue weighted by atomic mass is 10.1. The molecule has 13 heteroatoms. The minimum Gasteiger partial charge on any atom is -0.408 e. The first kappa shape index (κ1) is 37.4. The summed E-state index contributed by atoms with van der Waals surface area (Å²) in [6, 6.07) is 10.3. The molecule has 1 aliphatic rings. The number of nitrogen functional groups attached to an aromatic ring is 1. The van der Waals surface area contributed by atoms with E-state index in [-0.39, 0.29) is 28.4 Å². The highest BCUT2D eigenvalue weighted by molar-refractivity contribution is 14.1. The quantitative estimate of drug-likeness (QED) is 0.124. The van der Waals surface area contributed by atoms with Gasteiger partial charge in [0.25, 0.3) is 0 Å². The normalized spacial score (nSPS) is 20.9. The smallest absolute Gasteiger partial charge is 0.192 e. The Morgan fingerprint density at radius 3 is 2.12 bits per heavy atom. The maximum absolute atomic E-state index is 7.36. The second kappa shape index (κ2) is 14.0. The average Bonchev–Trinajstić information content (AvgIpc) is 3.49. The van der Waals surface area contributed by atoms with Gasteiger partial charge < -0.3 is 23.9 Å². The van der Waals surface area contributed by atoms with E-state index in [1.54, 1.807) is 6.33 Å². The van der Waals surface area contributed by atoms with E-state index in [0.717, 1.165) is 42.9 Å². The van der Waals surface area contributed by atoms with Crippen molar-refractivity contribution in [1.29, 1.82) is 0 Å². The molecule has 0 radical (unpaired) electrons. The fraction of sp³-hybridized carbons (Fsp3) is 0.543. The van der Waals surface area contributed by atoms with E-state index in [2.05, 4.69) is 130 Å². The number of thioether (sulfide) groups is 1. The number of hydrogen-bond donors (Lipinski definition) is 1. The molecule has 4 heterocycles. The molecule has 0 aliphatic carbocycles. The molecule has 0 saturated carbocycles. The number of benzene rings is 1. The van der Waals surface area contributed by atoms with Crippen LogP contribution in [0.5, 0.6) is 0 Å². The number of anilines is 1. The zero-order chi connectivity index (χ0) is 35.2. The standard InChI is InChI=1S/C35H51IN6O3SSi2/c1-22-24(28(39-20-38-22)23-15-13-12-14-16-23)18-46-19-26-29(44-47(8,9)34(2,3)4)30(45-48(10,11)35(5,6)7)33(43-26)42-17-25(36)27-31(37)40-21-41-32(27)42/h12-17,20-21,26,29-30,33H,18-19H2,1-11H3,(H2,37,40,41)/t26-,29-,30-,33-/m1/s1. The van der Waals surface area contributed by atoms with E-state index in [0.29, 0.717) is 11.6 Å². The molecular formula is C35H51IN6O3SSi2. The topological polar surface area (TPSA) is 110 Å². The minimum absolute atomic E-state index is 0.00454. The Balaban J connectivity index is 1.55. The van der Waals surface area contributed by atoms with Crippen LogP contribution < -0.4 is 5.73 Å². The number of aryl methyl sites for hydroxylation is 1. The van der Waals surface area contributed by atoms with Crippen LogP contribution >= 0.6 is 34.4 Å². The number of aromatic nitrogens is 5. The SMILES string of the molecule is Cc1ncnc(-c2ccccc2)c1CSC[C@H]1O[C@@H](n2cc(I)c3c(N)ncnc32)[C@H](O[Si](C)(C)C(C)(C)C)[C@@H]1O[Si](C)(C)C(C)(C)C. The molecule has 3 aromatic heterocycles. The first-order valence-electron chi connectivity index (χ1n) is 16.5. The third-order valence-corrected chi connectivity index (χ3v) is 21.2. The highest BCUT2D eigenvalue weighted by Gasteiger charge is 2.54. The van der Waals surface area contributed by atoms with Gasteiger partial charge >= 0.3 is 0 Å². The summed E-state index contributed by atoms with van der Waals surface area (Å²) in [5.41, 5.74) is 11.3. The highest BCUT2D eigenvalue weighted by Crippen LogP contribution is 2.47. The summed E-state index contributed by atoms with van der Waals surface area (Å²) in [5.74, 6) is 1.91. The van der Waals surface area contributed by atoms with Crippen molar-refractivity contribution in [1.82, 2.24) is 24.5 Å². The number of rotatable bonds is 10. The fourth-order valence-electron chi connectivity index (χ4n) is 5.42. The van der Waals surface area contributed by atoms with Crippen LogP contribution in [0.1, 0.15) is 59.0 Å². The van der Waals surface area contributed by atoms with E-state index in [1.165, 1.54) is 6.33 Å². The van der Waals surface area contributed by atoms with Gasteiger partial charge in [0.1, 0.15) is 36.3 Å². The van der Waals surface area contributed by atoms with Gasteiger partial charge in [-0.05, 0) is 65.8 Å². The third-order valence-electron chi connectivity index (χ3n) is 10.4. The summed E-state index contributed by atoms with van der Waals surface area (Å²) in [7, 11) is -4.54. The molecule has 1 saturated heterocycles.